The first-order valence-electron chi connectivity index (χ1n) is 5.50. The summed E-state index contributed by atoms with van der Waals surface area (Å²) in [6.07, 6.45) is 3.05. The van der Waals surface area contributed by atoms with Gasteiger partial charge in [-0.25, -0.2) is 0 Å². The van der Waals surface area contributed by atoms with Gasteiger partial charge in [-0.05, 0) is 19.3 Å². The van der Waals surface area contributed by atoms with Crippen LogP contribution >= 0.6 is 0 Å². The second kappa shape index (κ2) is 4.18. The van der Waals surface area contributed by atoms with Crippen LogP contribution in [-0.2, 0) is 9.59 Å². The van der Waals surface area contributed by atoms with Crippen LogP contribution in [0.2, 0.25) is 0 Å². The smallest absolute Gasteiger partial charge is 0.245 e. The Kier molecular flexibility index (Phi) is 2.90. The van der Waals surface area contributed by atoms with Gasteiger partial charge in [-0.2, -0.15) is 0 Å². The van der Waals surface area contributed by atoms with E-state index in [4.69, 9.17) is 5.73 Å². The maximum Gasteiger partial charge on any atom is 0.245 e. The molecule has 0 aromatic carbocycles. The summed E-state index contributed by atoms with van der Waals surface area (Å²) in [5, 5.41) is 2.69. The molecule has 2 aliphatic heterocycles. The highest BCUT2D eigenvalue weighted by atomic mass is 16.2. The van der Waals surface area contributed by atoms with Crippen LogP contribution in [0.1, 0.15) is 25.7 Å². The number of carbonyl (C=O) groups excluding carboxylic acids is 2. The Balaban J connectivity index is 1.92. The van der Waals surface area contributed by atoms with Crippen molar-refractivity contribution in [3.8, 4) is 0 Å². The zero-order chi connectivity index (χ0) is 10.8. The molecular formula is C10H17N3O2. The van der Waals surface area contributed by atoms with Gasteiger partial charge in [-0.15, -0.1) is 0 Å². The van der Waals surface area contributed by atoms with Gasteiger partial charge in [0.2, 0.25) is 11.8 Å². The number of amides is 2. The molecule has 2 heterocycles. The Morgan fingerprint density at radius 3 is 2.87 bits per heavy atom. The number of hydrogen-bond donors (Lipinski definition) is 2. The summed E-state index contributed by atoms with van der Waals surface area (Å²) in [6.45, 7) is 1.41. The maximum absolute atomic E-state index is 11.9. The quantitative estimate of drug-likeness (QED) is 0.597. The molecule has 3 N–H and O–H groups in total. The Morgan fingerprint density at radius 1 is 1.47 bits per heavy atom. The van der Waals surface area contributed by atoms with Gasteiger partial charge in [0.05, 0.1) is 0 Å². The van der Waals surface area contributed by atoms with Crippen LogP contribution in [0.4, 0.5) is 0 Å². The molecular weight excluding hydrogens is 194 g/mol. The van der Waals surface area contributed by atoms with E-state index in [0.29, 0.717) is 19.4 Å². The number of hydrogen-bond acceptors (Lipinski definition) is 3. The lowest BCUT2D eigenvalue weighted by Gasteiger charge is -2.32. The first-order valence-corrected chi connectivity index (χ1v) is 5.50. The largest absolute Gasteiger partial charge is 0.344 e. The summed E-state index contributed by atoms with van der Waals surface area (Å²) in [4.78, 5) is 24.7. The molecule has 2 fully saturated rings. The second-order valence-electron chi connectivity index (χ2n) is 4.35. The third-order valence-corrected chi connectivity index (χ3v) is 3.06. The summed E-state index contributed by atoms with van der Waals surface area (Å²) in [6, 6.07) is -0.206. The van der Waals surface area contributed by atoms with E-state index in [0.717, 1.165) is 19.4 Å². The third-order valence-electron chi connectivity index (χ3n) is 3.06. The molecule has 2 rings (SSSR count). The summed E-state index contributed by atoms with van der Waals surface area (Å²) in [5.74, 6) is 0.0191. The van der Waals surface area contributed by atoms with Gasteiger partial charge < -0.3 is 16.0 Å². The van der Waals surface area contributed by atoms with Crippen LogP contribution in [0.3, 0.4) is 0 Å². The standard InChI is InChI=1S/C10H17N3O2/c11-7-2-1-5-13(6-7)10(15)8-3-4-9(14)12-8/h7-8H,1-6,11H2,(H,12,14)/t7-,8?/m1/s1. The highest BCUT2D eigenvalue weighted by Gasteiger charge is 2.32. The third kappa shape index (κ3) is 2.28. The number of piperidine rings is 1. The lowest BCUT2D eigenvalue weighted by molar-refractivity contribution is -0.135. The molecule has 0 aliphatic carbocycles. The number of nitrogens with two attached hydrogens (primary N) is 1. The fraction of sp³-hybridized carbons (Fsp3) is 0.800. The number of likely N-dealkylation sites (tertiary alicyclic amines) is 1. The Hall–Kier alpha value is -1.10. The number of nitrogens with zero attached hydrogens (tertiary/aromatic N) is 1. The molecule has 5 nitrogen and oxygen atoms in total. The molecule has 0 spiro atoms. The van der Waals surface area contributed by atoms with Crippen molar-refractivity contribution in [1.82, 2.24) is 10.2 Å². The van der Waals surface area contributed by atoms with E-state index in [1.807, 2.05) is 0 Å². The highest BCUT2D eigenvalue weighted by molar-refractivity contribution is 5.90. The minimum atomic E-state index is -0.303. The van der Waals surface area contributed by atoms with Crippen LogP contribution in [-0.4, -0.2) is 41.9 Å². The fourth-order valence-electron chi connectivity index (χ4n) is 2.23. The predicted octanol–water partition coefficient (Wildman–Crippen LogP) is -0.785. The lowest BCUT2D eigenvalue weighted by Crippen LogP contribution is -2.51. The van der Waals surface area contributed by atoms with Gasteiger partial charge in [-0.1, -0.05) is 0 Å². The van der Waals surface area contributed by atoms with E-state index in [9.17, 15) is 9.59 Å². The molecule has 5 heteroatoms. The molecule has 84 valence electrons. The van der Waals surface area contributed by atoms with Crippen LogP contribution in [0.5, 0.6) is 0 Å². The van der Waals surface area contributed by atoms with Crippen molar-refractivity contribution in [3.63, 3.8) is 0 Å². The van der Waals surface area contributed by atoms with Crippen molar-refractivity contribution in [2.45, 2.75) is 37.8 Å². The fourth-order valence-corrected chi connectivity index (χ4v) is 2.23. The zero-order valence-electron chi connectivity index (χ0n) is 8.74. The summed E-state index contributed by atoms with van der Waals surface area (Å²) in [5.41, 5.74) is 5.81. The molecule has 1 unspecified atom stereocenters. The maximum atomic E-state index is 11.9. The first-order chi connectivity index (χ1) is 7.16. The average Bonchev–Trinajstić information content (AvgIpc) is 2.64. The molecule has 0 radical (unpaired) electrons. The molecule has 2 amide bonds. The summed E-state index contributed by atoms with van der Waals surface area (Å²) < 4.78 is 0. The van der Waals surface area contributed by atoms with E-state index >= 15 is 0 Å². The van der Waals surface area contributed by atoms with Crippen molar-refractivity contribution in [2.24, 2.45) is 5.73 Å². The molecule has 0 aromatic heterocycles. The van der Waals surface area contributed by atoms with Crippen LogP contribution in [0, 0.1) is 0 Å². The zero-order valence-corrected chi connectivity index (χ0v) is 8.74. The molecule has 2 saturated heterocycles. The van der Waals surface area contributed by atoms with Gasteiger partial charge in [0.1, 0.15) is 6.04 Å². The van der Waals surface area contributed by atoms with Crippen LogP contribution in [0.25, 0.3) is 0 Å². The van der Waals surface area contributed by atoms with Gasteiger partial charge >= 0.3 is 0 Å². The van der Waals surface area contributed by atoms with Crippen molar-refractivity contribution in [1.29, 1.82) is 0 Å². The first kappa shape index (κ1) is 10.4. The van der Waals surface area contributed by atoms with Gasteiger partial charge in [0.25, 0.3) is 0 Å². The summed E-state index contributed by atoms with van der Waals surface area (Å²) >= 11 is 0. The topological polar surface area (TPSA) is 75.4 Å². The monoisotopic (exact) mass is 211 g/mol. The van der Waals surface area contributed by atoms with E-state index < -0.39 is 0 Å². The molecule has 0 aromatic rings. The van der Waals surface area contributed by atoms with E-state index in [2.05, 4.69) is 5.32 Å². The summed E-state index contributed by atoms with van der Waals surface area (Å²) in [7, 11) is 0. The van der Waals surface area contributed by atoms with E-state index in [1.54, 1.807) is 4.90 Å². The molecule has 15 heavy (non-hydrogen) atoms. The predicted molar refractivity (Wildman–Crippen MR) is 55.0 cm³/mol. The number of carbonyl (C=O) groups is 2. The second-order valence-corrected chi connectivity index (χ2v) is 4.35. The number of rotatable bonds is 1. The van der Waals surface area contributed by atoms with Crippen molar-refractivity contribution < 1.29 is 9.59 Å². The lowest BCUT2D eigenvalue weighted by atomic mass is 10.1. The highest BCUT2D eigenvalue weighted by Crippen LogP contribution is 2.14. The Morgan fingerprint density at radius 2 is 2.27 bits per heavy atom. The SMILES string of the molecule is N[C@@H]1CCCN(C(=O)C2CCC(=O)N2)C1. The molecule has 0 saturated carbocycles. The van der Waals surface area contributed by atoms with Crippen molar-refractivity contribution >= 4 is 11.8 Å². The normalized spacial score (nSPS) is 31.5. The van der Waals surface area contributed by atoms with E-state index in [-0.39, 0.29) is 23.9 Å². The van der Waals surface area contributed by atoms with Crippen molar-refractivity contribution in [2.75, 3.05) is 13.1 Å². The minimum absolute atomic E-state index is 0.0188. The molecule has 2 aliphatic rings. The number of nitrogens with one attached hydrogen (secondary N) is 1. The van der Waals surface area contributed by atoms with Crippen LogP contribution < -0.4 is 11.1 Å². The Bertz CT molecular complexity index is 280. The average molecular weight is 211 g/mol. The minimum Gasteiger partial charge on any atom is -0.344 e. The van der Waals surface area contributed by atoms with Gasteiger partial charge in [-0.3, -0.25) is 9.59 Å². The van der Waals surface area contributed by atoms with Crippen molar-refractivity contribution in [3.05, 3.63) is 0 Å². The van der Waals surface area contributed by atoms with Crippen LogP contribution in [0.15, 0.2) is 0 Å². The molecule has 2 atom stereocenters. The Labute approximate surface area is 89.0 Å². The van der Waals surface area contributed by atoms with Gasteiger partial charge in [0, 0.05) is 25.6 Å². The molecule has 0 bridgehead atoms. The van der Waals surface area contributed by atoms with Gasteiger partial charge in [0.15, 0.2) is 0 Å². The van der Waals surface area contributed by atoms with E-state index in [1.165, 1.54) is 0 Å².